The third-order valence-corrected chi connectivity index (χ3v) is 4.48. The van der Waals surface area contributed by atoms with Crippen LogP contribution in [0.5, 0.6) is 0 Å². The van der Waals surface area contributed by atoms with E-state index in [-0.39, 0.29) is 0 Å². The molecule has 0 bridgehead atoms. The van der Waals surface area contributed by atoms with Crippen LogP contribution in [0.3, 0.4) is 0 Å². The molecule has 0 unspecified atom stereocenters. The van der Waals surface area contributed by atoms with Crippen LogP contribution < -0.4 is 11.1 Å². The topological polar surface area (TPSA) is 50.4 Å². The summed E-state index contributed by atoms with van der Waals surface area (Å²) >= 11 is 1.82. The second kappa shape index (κ2) is 6.05. The molecule has 94 valence electrons. The molecule has 0 amide bonds. The highest BCUT2D eigenvalue weighted by atomic mass is 32.1. The van der Waals surface area contributed by atoms with Gasteiger partial charge in [0.2, 0.25) is 0 Å². The number of nitrogens with zero attached hydrogens (tertiary/aromatic N) is 1. The van der Waals surface area contributed by atoms with Gasteiger partial charge in [-0.3, -0.25) is 0 Å². The summed E-state index contributed by atoms with van der Waals surface area (Å²) < 4.78 is 0. The van der Waals surface area contributed by atoms with Crippen LogP contribution in [0.25, 0.3) is 0 Å². The van der Waals surface area contributed by atoms with Crippen molar-refractivity contribution < 1.29 is 0 Å². The highest BCUT2D eigenvalue weighted by molar-refractivity contribution is 7.11. The Bertz CT molecular complexity index is 380. The number of nitrogens with two attached hydrogens (primary N) is 1. The average Bonchev–Trinajstić information content (AvgIpc) is 2.72. The molecule has 0 saturated heterocycles. The molecule has 2 rings (SSSR count). The molecule has 1 heterocycles. The summed E-state index contributed by atoms with van der Waals surface area (Å²) in [7, 11) is 0. The normalized spacial score (nSPS) is 16.9. The molecule has 3 N–H and O–H groups in total. The molecule has 4 heteroatoms. The van der Waals surface area contributed by atoms with Gasteiger partial charge in [-0.25, -0.2) is 4.99 Å². The van der Waals surface area contributed by atoms with Crippen LogP contribution in [-0.4, -0.2) is 12.5 Å². The summed E-state index contributed by atoms with van der Waals surface area (Å²) in [5.74, 6) is 1.40. The van der Waals surface area contributed by atoms with Gasteiger partial charge in [0.1, 0.15) is 0 Å². The van der Waals surface area contributed by atoms with Gasteiger partial charge in [-0.05, 0) is 37.3 Å². The Kier molecular flexibility index (Phi) is 4.42. The molecule has 17 heavy (non-hydrogen) atoms. The summed E-state index contributed by atoms with van der Waals surface area (Å²) in [6, 6.07) is 4.32. The summed E-state index contributed by atoms with van der Waals surface area (Å²) in [4.78, 5) is 7.07. The maximum Gasteiger partial charge on any atom is 0.188 e. The number of aliphatic imine (C=N–C) groups is 1. The Morgan fingerprint density at radius 2 is 2.24 bits per heavy atom. The largest absolute Gasteiger partial charge is 0.370 e. The van der Waals surface area contributed by atoms with Gasteiger partial charge in [0.15, 0.2) is 5.96 Å². The minimum absolute atomic E-state index is 0.586. The highest BCUT2D eigenvalue weighted by Gasteiger charge is 2.16. The van der Waals surface area contributed by atoms with Crippen LogP contribution in [0.4, 0.5) is 0 Å². The molecule has 0 aromatic carbocycles. The fourth-order valence-electron chi connectivity index (χ4n) is 1.86. The van der Waals surface area contributed by atoms with E-state index in [1.54, 1.807) is 0 Å². The first-order valence-electron chi connectivity index (χ1n) is 6.39. The van der Waals surface area contributed by atoms with Crippen LogP contribution in [0.2, 0.25) is 0 Å². The van der Waals surface area contributed by atoms with Gasteiger partial charge in [-0.15, -0.1) is 11.3 Å². The van der Waals surface area contributed by atoms with E-state index < -0.39 is 0 Å². The number of hydrogen-bond acceptors (Lipinski definition) is 2. The Morgan fingerprint density at radius 1 is 1.47 bits per heavy atom. The van der Waals surface area contributed by atoms with Gasteiger partial charge in [0, 0.05) is 16.3 Å². The molecule has 0 spiro atoms. The quantitative estimate of drug-likeness (QED) is 0.624. The lowest BCUT2D eigenvalue weighted by atomic mass is 9.85. The van der Waals surface area contributed by atoms with E-state index in [1.807, 2.05) is 11.3 Å². The predicted octanol–water partition coefficient (Wildman–Crippen LogP) is 2.51. The van der Waals surface area contributed by atoms with Gasteiger partial charge in [0.25, 0.3) is 0 Å². The van der Waals surface area contributed by atoms with Crippen LogP contribution >= 0.6 is 11.3 Å². The summed E-state index contributed by atoms with van der Waals surface area (Å²) in [6.07, 6.45) is 5.15. The first kappa shape index (κ1) is 12.4. The lowest BCUT2D eigenvalue weighted by molar-refractivity contribution is 0.315. The molecule has 0 atom stereocenters. The zero-order valence-electron chi connectivity index (χ0n) is 10.4. The van der Waals surface area contributed by atoms with Crippen molar-refractivity contribution in [1.82, 2.24) is 5.32 Å². The molecular weight excluding hydrogens is 230 g/mol. The van der Waals surface area contributed by atoms with E-state index in [0.717, 1.165) is 18.9 Å². The van der Waals surface area contributed by atoms with Crippen molar-refractivity contribution in [2.75, 3.05) is 6.54 Å². The fourth-order valence-corrected chi connectivity index (χ4v) is 2.74. The minimum Gasteiger partial charge on any atom is -0.370 e. The summed E-state index contributed by atoms with van der Waals surface area (Å²) in [6.45, 7) is 3.86. The first-order chi connectivity index (χ1) is 8.28. The summed E-state index contributed by atoms with van der Waals surface area (Å²) in [5, 5.41) is 3.21. The van der Waals surface area contributed by atoms with Crippen LogP contribution in [0.1, 0.15) is 35.9 Å². The number of guanidine groups is 1. The fraction of sp³-hybridized carbons (Fsp3) is 0.615. The van der Waals surface area contributed by atoms with E-state index in [4.69, 9.17) is 5.73 Å². The SMILES string of the molecule is CCc1ccc(CN=C(N)NCC2CCC2)s1. The van der Waals surface area contributed by atoms with Gasteiger partial charge in [-0.1, -0.05) is 13.3 Å². The maximum absolute atomic E-state index is 5.83. The molecular formula is C13H21N3S. The summed E-state index contributed by atoms with van der Waals surface area (Å²) in [5.41, 5.74) is 5.83. The minimum atomic E-state index is 0.586. The van der Waals surface area contributed by atoms with Crippen molar-refractivity contribution >= 4 is 17.3 Å². The Morgan fingerprint density at radius 3 is 2.82 bits per heavy atom. The molecule has 3 nitrogen and oxygen atoms in total. The number of rotatable bonds is 5. The number of aryl methyl sites for hydroxylation is 1. The Labute approximate surface area is 107 Å². The molecule has 0 aliphatic heterocycles. The van der Waals surface area contributed by atoms with E-state index in [0.29, 0.717) is 12.5 Å². The lowest BCUT2D eigenvalue weighted by Crippen LogP contribution is -2.37. The lowest BCUT2D eigenvalue weighted by Gasteiger charge is -2.25. The molecule has 1 aliphatic rings. The second-order valence-electron chi connectivity index (χ2n) is 4.60. The van der Waals surface area contributed by atoms with Gasteiger partial charge in [0.05, 0.1) is 6.54 Å². The second-order valence-corrected chi connectivity index (χ2v) is 5.85. The third kappa shape index (κ3) is 3.73. The van der Waals surface area contributed by atoms with Gasteiger partial charge < -0.3 is 11.1 Å². The maximum atomic E-state index is 5.83. The zero-order valence-corrected chi connectivity index (χ0v) is 11.2. The standard InChI is InChI=1S/C13H21N3S/c1-2-11-6-7-12(17-11)9-16-13(14)15-8-10-4-3-5-10/h6-7,10H,2-5,8-9H2,1H3,(H3,14,15,16). The van der Waals surface area contributed by atoms with E-state index in [1.165, 1.54) is 29.0 Å². The smallest absolute Gasteiger partial charge is 0.188 e. The van der Waals surface area contributed by atoms with E-state index >= 15 is 0 Å². The molecule has 1 fully saturated rings. The average molecular weight is 251 g/mol. The third-order valence-electron chi connectivity index (χ3n) is 3.27. The number of thiophene rings is 1. The number of hydrogen-bond donors (Lipinski definition) is 2. The molecule has 1 aromatic rings. The van der Waals surface area contributed by atoms with E-state index in [9.17, 15) is 0 Å². The monoisotopic (exact) mass is 251 g/mol. The predicted molar refractivity (Wildman–Crippen MR) is 74.4 cm³/mol. The Balaban J connectivity index is 1.74. The molecule has 1 aromatic heterocycles. The highest BCUT2D eigenvalue weighted by Crippen LogP contribution is 2.25. The van der Waals surface area contributed by atoms with Crippen molar-refractivity contribution in [3.05, 3.63) is 21.9 Å². The molecule has 0 radical (unpaired) electrons. The van der Waals surface area contributed by atoms with Crippen LogP contribution in [0.15, 0.2) is 17.1 Å². The molecule has 1 saturated carbocycles. The first-order valence-corrected chi connectivity index (χ1v) is 7.21. The van der Waals surface area contributed by atoms with Gasteiger partial charge in [-0.2, -0.15) is 0 Å². The van der Waals surface area contributed by atoms with Gasteiger partial charge >= 0.3 is 0 Å². The molecule has 1 aliphatic carbocycles. The number of nitrogens with one attached hydrogen (secondary N) is 1. The van der Waals surface area contributed by atoms with Crippen molar-refractivity contribution in [1.29, 1.82) is 0 Å². The van der Waals surface area contributed by atoms with Crippen molar-refractivity contribution in [3.8, 4) is 0 Å². The zero-order chi connectivity index (χ0) is 12.1. The Hall–Kier alpha value is -1.03. The van der Waals surface area contributed by atoms with Crippen molar-refractivity contribution in [2.45, 2.75) is 39.2 Å². The van der Waals surface area contributed by atoms with Crippen LogP contribution in [-0.2, 0) is 13.0 Å². The van der Waals surface area contributed by atoms with E-state index in [2.05, 4.69) is 29.4 Å². The van der Waals surface area contributed by atoms with Crippen molar-refractivity contribution in [2.24, 2.45) is 16.6 Å². The van der Waals surface area contributed by atoms with Crippen LogP contribution in [0, 0.1) is 5.92 Å². The van der Waals surface area contributed by atoms with Crippen molar-refractivity contribution in [3.63, 3.8) is 0 Å².